The van der Waals surface area contributed by atoms with E-state index >= 15 is 0 Å². The highest BCUT2D eigenvalue weighted by atomic mass is 16.2. The van der Waals surface area contributed by atoms with Crippen molar-refractivity contribution in [2.75, 3.05) is 13.1 Å². The molecule has 3 rings (SSSR count). The molecule has 19 heavy (non-hydrogen) atoms. The summed E-state index contributed by atoms with van der Waals surface area (Å²) < 4.78 is 0. The fraction of sp³-hybridized carbons (Fsp3) is 0.562. The molecule has 1 aromatic rings. The van der Waals surface area contributed by atoms with Gasteiger partial charge in [-0.15, -0.1) is 0 Å². The number of amides is 1. The highest BCUT2D eigenvalue weighted by Crippen LogP contribution is 2.22. The number of nitrogens with one attached hydrogen (secondary N) is 1. The average Bonchev–Trinajstić information content (AvgIpc) is 2.46. The van der Waals surface area contributed by atoms with E-state index in [1.807, 2.05) is 4.90 Å². The Labute approximate surface area is 115 Å². The number of nitrogens with zero attached hydrogens (tertiary/aromatic N) is 1. The smallest absolute Gasteiger partial charge is 0.240 e. The number of fused-ring (bicyclic) bond motifs is 1. The number of carbonyl (C=O) groups is 1. The van der Waals surface area contributed by atoms with Crippen molar-refractivity contribution in [3.05, 3.63) is 35.4 Å². The Balaban J connectivity index is 1.72. The second kappa shape index (κ2) is 5.33. The number of piperidine rings is 1. The van der Waals surface area contributed by atoms with Crippen LogP contribution in [-0.2, 0) is 17.8 Å². The van der Waals surface area contributed by atoms with Gasteiger partial charge in [0.15, 0.2) is 0 Å². The van der Waals surface area contributed by atoms with Gasteiger partial charge in [0.2, 0.25) is 5.91 Å². The molecule has 0 saturated carbocycles. The minimum atomic E-state index is 0.0269. The first-order valence-corrected chi connectivity index (χ1v) is 7.34. The molecule has 3 nitrogen and oxygen atoms in total. The fourth-order valence-electron chi connectivity index (χ4n) is 3.26. The second-order valence-electron chi connectivity index (χ2n) is 5.83. The normalized spacial score (nSPS) is 26.9. The summed E-state index contributed by atoms with van der Waals surface area (Å²) in [5.74, 6) is 0.750. The minimum Gasteiger partial charge on any atom is -0.337 e. The Morgan fingerprint density at radius 2 is 2.11 bits per heavy atom. The molecule has 2 heterocycles. The molecule has 1 saturated heterocycles. The fourth-order valence-corrected chi connectivity index (χ4v) is 3.26. The van der Waals surface area contributed by atoms with Crippen molar-refractivity contribution >= 4 is 5.91 Å². The standard InChI is InChI=1S/C16H22N2O/c1-12-5-4-9-17-15(12)16(19)18-10-8-13-6-2-3-7-14(13)11-18/h2-3,6-7,12,15,17H,4-5,8-11H2,1H3. The molecule has 0 bridgehead atoms. The summed E-state index contributed by atoms with van der Waals surface area (Å²) in [5.41, 5.74) is 2.71. The molecule has 2 atom stereocenters. The van der Waals surface area contributed by atoms with Crippen LogP contribution in [0.3, 0.4) is 0 Å². The van der Waals surface area contributed by atoms with Gasteiger partial charge in [-0.05, 0) is 42.9 Å². The van der Waals surface area contributed by atoms with Gasteiger partial charge in [0.1, 0.15) is 0 Å². The zero-order valence-electron chi connectivity index (χ0n) is 11.6. The molecule has 3 heteroatoms. The maximum Gasteiger partial charge on any atom is 0.240 e. The Kier molecular flexibility index (Phi) is 3.56. The third kappa shape index (κ3) is 2.52. The third-order valence-corrected chi connectivity index (χ3v) is 4.48. The second-order valence-corrected chi connectivity index (χ2v) is 5.83. The first kappa shape index (κ1) is 12.7. The number of rotatable bonds is 1. The van der Waals surface area contributed by atoms with Crippen molar-refractivity contribution in [2.45, 2.75) is 38.8 Å². The summed E-state index contributed by atoms with van der Waals surface area (Å²) >= 11 is 0. The molecule has 1 N–H and O–H groups in total. The average molecular weight is 258 g/mol. The summed E-state index contributed by atoms with van der Waals surface area (Å²) in [5, 5.41) is 3.40. The summed E-state index contributed by atoms with van der Waals surface area (Å²) in [6, 6.07) is 8.50. The Morgan fingerprint density at radius 3 is 2.89 bits per heavy atom. The predicted molar refractivity (Wildman–Crippen MR) is 75.8 cm³/mol. The lowest BCUT2D eigenvalue weighted by Crippen LogP contribution is -2.53. The Hall–Kier alpha value is -1.35. The zero-order valence-corrected chi connectivity index (χ0v) is 11.6. The molecule has 1 aromatic carbocycles. The first-order valence-electron chi connectivity index (χ1n) is 7.34. The van der Waals surface area contributed by atoms with E-state index in [0.717, 1.165) is 32.5 Å². The van der Waals surface area contributed by atoms with Gasteiger partial charge in [-0.1, -0.05) is 31.2 Å². The van der Waals surface area contributed by atoms with Gasteiger partial charge in [0.05, 0.1) is 6.04 Å². The van der Waals surface area contributed by atoms with Crippen molar-refractivity contribution in [1.82, 2.24) is 10.2 Å². The van der Waals surface area contributed by atoms with E-state index in [4.69, 9.17) is 0 Å². The third-order valence-electron chi connectivity index (χ3n) is 4.48. The molecule has 0 radical (unpaired) electrons. The Morgan fingerprint density at radius 1 is 1.32 bits per heavy atom. The predicted octanol–water partition coefficient (Wildman–Crippen LogP) is 1.96. The molecule has 2 aliphatic heterocycles. The quantitative estimate of drug-likeness (QED) is 0.835. The lowest BCUT2D eigenvalue weighted by atomic mass is 9.91. The van der Waals surface area contributed by atoms with Crippen molar-refractivity contribution in [1.29, 1.82) is 0 Å². The van der Waals surface area contributed by atoms with E-state index in [9.17, 15) is 4.79 Å². The monoisotopic (exact) mass is 258 g/mol. The molecular weight excluding hydrogens is 236 g/mol. The molecule has 0 aliphatic carbocycles. The van der Waals surface area contributed by atoms with E-state index in [1.54, 1.807) is 0 Å². The van der Waals surface area contributed by atoms with Crippen LogP contribution in [0.1, 0.15) is 30.9 Å². The summed E-state index contributed by atoms with van der Waals surface area (Å²) in [7, 11) is 0. The van der Waals surface area contributed by atoms with Gasteiger partial charge in [0, 0.05) is 13.1 Å². The van der Waals surface area contributed by atoms with Crippen LogP contribution >= 0.6 is 0 Å². The number of hydrogen-bond donors (Lipinski definition) is 1. The molecule has 0 aromatic heterocycles. The van der Waals surface area contributed by atoms with Crippen molar-refractivity contribution in [3.63, 3.8) is 0 Å². The molecule has 0 spiro atoms. The van der Waals surface area contributed by atoms with Crippen molar-refractivity contribution < 1.29 is 4.79 Å². The van der Waals surface area contributed by atoms with Gasteiger partial charge in [-0.3, -0.25) is 4.79 Å². The topological polar surface area (TPSA) is 32.3 Å². The van der Waals surface area contributed by atoms with E-state index < -0.39 is 0 Å². The van der Waals surface area contributed by atoms with Crippen LogP contribution in [0.25, 0.3) is 0 Å². The summed E-state index contributed by atoms with van der Waals surface area (Å²) in [6.45, 7) is 4.80. The van der Waals surface area contributed by atoms with Gasteiger partial charge < -0.3 is 10.2 Å². The van der Waals surface area contributed by atoms with E-state index in [2.05, 4.69) is 36.5 Å². The summed E-state index contributed by atoms with van der Waals surface area (Å²) in [4.78, 5) is 14.7. The lowest BCUT2D eigenvalue weighted by Gasteiger charge is -2.36. The van der Waals surface area contributed by atoms with Gasteiger partial charge >= 0.3 is 0 Å². The van der Waals surface area contributed by atoms with Crippen LogP contribution in [0.5, 0.6) is 0 Å². The van der Waals surface area contributed by atoms with Crippen molar-refractivity contribution in [2.24, 2.45) is 5.92 Å². The van der Waals surface area contributed by atoms with E-state index in [0.29, 0.717) is 11.8 Å². The van der Waals surface area contributed by atoms with E-state index in [1.165, 1.54) is 17.5 Å². The molecule has 102 valence electrons. The minimum absolute atomic E-state index is 0.0269. The molecule has 2 unspecified atom stereocenters. The van der Waals surface area contributed by atoms with Gasteiger partial charge in [0.25, 0.3) is 0 Å². The maximum atomic E-state index is 12.6. The van der Waals surface area contributed by atoms with Crippen molar-refractivity contribution in [3.8, 4) is 0 Å². The van der Waals surface area contributed by atoms with Crippen LogP contribution in [-0.4, -0.2) is 29.9 Å². The zero-order chi connectivity index (χ0) is 13.2. The number of hydrogen-bond acceptors (Lipinski definition) is 2. The molecule has 1 fully saturated rings. The SMILES string of the molecule is CC1CCCNC1C(=O)N1CCc2ccccc2C1. The molecule has 2 aliphatic rings. The van der Waals surface area contributed by atoms with Crippen LogP contribution in [0.4, 0.5) is 0 Å². The van der Waals surface area contributed by atoms with Crippen LogP contribution < -0.4 is 5.32 Å². The molecule has 1 amide bonds. The van der Waals surface area contributed by atoms with Crippen LogP contribution in [0.15, 0.2) is 24.3 Å². The lowest BCUT2D eigenvalue weighted by molar-refractivity contribution is -0.136. The maximum absolute atomic E-state index is 12.6. The van der Waals surface area contributed by atoms with Gasteiger partial charge in [-0.25, -0.2) is 0 Å². The summed E-state index contributed by atoms with van der Waals surface area (Å²) in [6.07, 6.45) is 3.34. The largest absolute Gasteiger partial charge is 0.337 e. The van der Waals surface area contributed by atoms with E-state index in [-0.39, 0.29) is 6.04 Å². The molecular formula is C16H22N2O. The van der Waals surface area contributed by atoms with Gasteiger partial charge in [-0.2, -0.15) is 0 Å². The highest BCUT2D eigenvalue weighted by Gasteiger charge is 2.32. The van der Waals surface area contributed by atoms with Crippen LogP contribution in [0.2, 0.25) is 0 Å². The first-order chi connectivity index (χ1) is 9.25. The Bertz CT molecular complexity index is 472. The number of benzene rings is 1. The number of carbonyl (C=O) groups excluding carboxylic acids is 1. The van der Waals surface area contributed by atoms with Crippen LogP contribution in [0, 0.1) is 5.92 Å². The highest BCUT2D eigenvalue weighted by molar-refractivity contribution is 5.82.